The third-order valence-electron chi connectivity index (χ3n) is 3.66. The molecule has 0 aliphatic heterocycles. The van der Waals surface area contributed by atoms with Gasteiger partial charge in [0.05, 0.1) is 0 Å². The van der Waals surface area contributed by atoms with Crippen molar-refractivity contribution in [1.29, 1.82) is 0 Å². The number of carbonyl (C=O) groups excluding carboxylic acids is 2. The summed E-state index contributed by atoms with van der Waals surface area (Å²) in [5.74, 6) is 0.440. The second-order valence-electron chi connectivity index (χ2n) is 7.44. The Morgan fingerprint density at radius 2 is 1.90 bits per heavy atom. The number of alkyl carbamates (subject to hydrolysis) is 1. The maximum Gasteiger partial charge on any atom is 0.407 e. The highest BCUT2D eigenvalue weighted by Gasteiger charge is 2.15. The van der Waals surface area contributed by atoms with E-state index < -0.39 is 11.7 Å². The third-order valence-corrected chi connectivity index (χ3v) is 3.66. The van der Waals surface area contributed by atoms with Gasteiger partial charge in [0.25, 0.3) is 0 Å². The van der Waals surface area contributed by atoms with Crippen LogP contribution in [0.2, 0.25) is 0 Å². The van der Waals surface area contributed by atoms with Crippen LogP contribution in [0.4, 0.5) is 4.79 Å². The molecule has 0 fully saturated rings. The van der Waals surface area contributed by atoms with Crippen LogP contribution in [0.1, 0.15) is 33.4 Å². The summed E-state index contributed by atoms with van der Waals surface area (Å²) in [6.45, 7) is 9.47. The maximum atomic E-state index is 12.3. The van der Waals surface area contributed by atoms with Crippen LogP contribution in [0, 0.1) is 0 Å². The van der Waals surface area contributed by atoms with Crippen LogP contribution >= 0.6 is 0 Å². The summed E-state index contributed by atoms with van der Waals surface area (Å²) in [5, 5.41) is 8.82. The number of likely N-dealkylation sites (N-methyl/N-ethyl adjacent to an activating group) is 1. The van der Waals surface area contributed by atoms with Crippen LogP contribution in [0.15, 0.2) is 29.4 Å². The van der Waals surface area contributed by atoms with Gasteiger partial charge in [-0.1, -0.05) is 6.07 Å². The number of pyridine rings is 1. The molecule has 9 heteroatoms. The predicted octanol–water partition coefficient (Wildman–Crippen LogP) is 1.16. The molecule has 0 radical (unpaired) electrons. The van der Waals surface area contributed by atoms with Crippen molar-refractivity contribution in [2.75, 3.05) is 39.8 Å². The first-order chi connectivity index (χ1) is 13.7. The van der Waals surface area contributed by atoms with Crippen LogP contribution < -0.4 is 16.0 Å². The number of hydrogen-bond donors (Lipinski definition) is 3. The van der Waals surface area contributed by atoms with E-state index in [1.165, 1.54) is 0 Å². The monoisotopic (exact) mass is 406 g/mol. The average Bonchev–Trinajstić information content (AvgIpc) is 2.66. The quantitative estimate of drug-likeness (QED) is 0.323. The molecule has 0 saturated heterocycles. The molecule has 1 aromatic heterocycles. The van der Waals surface area contributed by atoms with Gasteiger partial charge in [-0.25, -0.2) is 9.79 Å². The highest BCUT2D eigenvalue weighted by molar-refractivity contribution is 5.84. The van der Waals surface area contributed by atoms with Crippen molar-refractivity contribution in [2.24, 2.45) is 4.99 Å². The molecule has 0 bridgehead atoms. The lowest BCUT2D eigenvalue weighted by Crippen LogP contribution is -2.43. The highest BCUT2D eigenvalue weighted by Crippen LogP contribution is 2.05. The zero-order valence-corrected chi connectivity index (χ0v) is 18.1. The molecule has 0 aliphatic rings. The van der Waals surface area contributed by atoms with Crippen molar-refractivity contribution in [3.63, 3.8) is 0 Å². The fraction of sp³-hybridized carbons (Fsp3) is 0.600. The van der Waals surface area contributed by atoms with Crippen molar-refractivity contribution in [3.8, 4) is 0 Å². The molecule has 0 saturated carbocycles. The van der Waals surface area contributed by atoms with E-state index in [2.05, 4.69) is 25.9 Å². The molecule has 3 N–H and O–H groups in total. The number of hydrogen-bond acceptors (Lipinski definition) is 5. The molecular weight excluding hydrogens is 372 g/mol. The Labute approximate surface area is 173 Å². The van der Waals surface area contributed by atoms with Crippen LogP contribution in [-0.2, 0) is 16.0 Å². The van der Waals surface area contributed by atoms with Crippen LogP contribution in [-0.4, -0.2) is 73.2 Å². The Morgan fingerprint density at radius 3 is 2.52 bits per heavy atom. The Bertz CT molecular complexity index is 658. The third kappa shape index (κ3) is 11.6. The molecule has 0 spiro atoms. The van der Waals surface area contributed by atoms with E-state index in [0.717, 1.165) is 5.69 Å². The number of nitrogens with one attached hydrogen (secondary N) is 3. The fourth-order valence-corrected chi connectivity index (χ4v) is 2.22. The molecule has 0 aliphatic carbocycles. The molecule has 1 heterocycles. The summed E-state index contributed by atoms with van der Waals surface area (Å²) in [7, 11) is 1.76. The van der Waals surface area contributed by atoms with Gasteiger partial charge in [-0.3, -0.25) is 9.78 Å². The largest absolute Gasteiger partial charge is 0.444 e. The van der Waals surface area contributed by atoms with Crippen molar-refractivity contribution < 1.29 is 14.3 Å². The maximum absolute atomic E-state index is 12.3. The average molecular weight is 407 g/mol. The summed E-state index contributed by atoms with van der Waals surface area (Å²) >= 11 is 0. The lowest BCUT2D eigenvalue weighted by Gasteiger charge is -2.20. The minimum absolute atomic E-state index is 0.0353. The van der Waals surface area contributed by atoms with Crippen LogP contribution in [0.5, 0.6) is 0 Å². The van der Waals surface area contributed by atoms with Crippen LogP contribution in [0.25, 0.3) is 0 Å². The normalized spacial score (nSPS) is 11.6. The molecule has 2 amide bonds. The number of aromatic nitrogens is 1. The number of aliphatic imine (C=N–C) groups is 1. The number of amides is 2. The van der Waals surface area contributed by atoms with E-state index >= 15 is 0 Å². The first kappa shape index (κ1) is 24.2. The molecule has 0 unspecified atom stereocenters. The Hall–Kier alpha value is -2.84. The molecule has 29 heavy (non-hydrogen) atoms. The van der Waals surface area contributed by atoms with Crippen molar-refractivity contribution in [2.45, 2.75) is 39.7 Å². The summed E-state index contributed by atoms with van der Waals surface area (Å²) in [5.41, 5.74) is 0.416. The van der Waals surface area contributed by atoms with Gasteiger partial charge in [-0.2, -0.15) is 0 Å². The Kier molecular flexibility index (Phi) is 10.5. The molecule has 0 aromatic carbocycles. The Balaban J connectivity index is 2.37. The Morgan fingerprint density at radius 1 is 1.17 bits per heavy atom. The number of ether oxygens (including phenoxy) is 1. The van der Waals surface area contributed by atoms with Gasteiger partial charge >= 0.3 is 6.09 Å². The van der Waals surface area contributed by atoms with E-state index in [4.69, 9.17) is 4.74 Å². The minimum Gasteiger partial charge on any atom is -0.444 e. The van der Waals surface area contributed by atoms with E-state index in [9.17, 15) is 9.59 Å². The molecule has 1 rings (SSSR count). The van der Waals surface area contributed by atoms with Crippen molar-refractivity contribution in [3.05, 3.63) is 30.1 Å². The smallest absolute Gasteiger partial charge is 0.407 e. The molecule has 9 nitrogen and oxygen atoms in total. The summed E-state index contributed by atoms with van der Waals surface area (Å²) in [6, 6.07) is 5.74. The summed E-state index contributed by atoms with van der Waals surface area (Å²) in [6.07, 6.45) is 1.97. The first-order valence-corrected chi connectivity index (χ1v) is 9.84. The van der Waals surface area contributed by atoms with Crippen LogP contribution in [0.3, 0.4) is 0 Å². The lowest BCUT2D eigenvalue weighted by atomic mass is 10.2. The van der Waals surface area contributed by atoms with Gasteiger partial charge in [0, 0.05) is 51.5 Å². The second kappa shape index (κ2) is 12.6. The van der Waals surface area contributed by atoms with Crippen molar-refractivity contribution >= 4 is 18.0 Å². The highest BCUT2D eigenvalue weighted by atomic mass is 16.6. The van der Waals surface area contributed by atoms with Gasteiger partial charge < -0.3 is 25.6 Å². The van der Waals surface area contributed by atoms with E-state index in [-0.39, 0.29) is 12.5 Å². The van der Waals surface area contributed by atoms with Gasteiger partial charge in [0.1, 0.15) is 12.1 Å². The molecule has 162 valence electrons. The van der Waals surface area contributed by atoms with Gasteiger partial charge in [0.15, 0.2) is 5.96 Å². The first-order valence-electron chi connectivity index (χ1n) is 9.84. The predicted molar refractivity (Wildman–Crippen MR) is 114 cm³/mol. The van der Waals surface area contributed by atoms with E-state index in [1.54, 1.807) is 18.1 Å². The topological polar surface area (TPSA) is 108 Å². The van der Waals surface area contributed by atoms with E-state index in [1.807, 2.05) is 45.9 Å². The zero-order valence-electron chi connectivity index (χ0n) is 18.1. The standard InChI is InChI=1S/C20H34N6O3/c1-6-21-18(23-12-13-24-19(28)29-20(2,3)4)25-15-17(27)26(5)14-10-16-9-7-8-11-22-16/h7-9,11H,6,10,12-15H2,1-5H3,(H,24,28)(H2,21,23,25). The van der Waals surface area contributed by atoms with Gasteiger partial charge in [-0.15, -0.1) is 0 Å². The number of rotatable bonds is 9. The fourth-order valence-electron chi connectivity index (χ4n) is 2.22. The SMILES string of the molecule is CCNC(=NCC(=O)N(C)CCc1ccccn1)NCCNC(=O)OC(C)(C)C. The van der Waals surface area contributed by atoms with Gasteiger partial charge in [-0.05, 0) is 39.8 Å². The molecule has 1 aromatic rings. The van der Waals surface area contributed by atoms with Gasteiger partial charge in [0.2, 0.25) is 5.91 Å². The lowest BCUT2D eigenvalue weighted by molar-refractivity contribution is -0.128. The second-order valence-corrected chi connectivity index (χ2v) is 7.44. The summed E-state index contributed by atoms with van der Waals surface area (Å²) < 4.78 is 5.17. The zero-order chi connectivity index (χ0) is 21.7. The molecule has 0 atom stereocenters. The number of carbonyl (C=O) groups is 2. The summed E-state index contributed by atoms with van der Waals surface area (Å²) in [4.78, 5) is 34.1. The number of guanidine groups is 1. The van der Waals surface area contributed by atoms with Crippen molar-refractivity contribution in [1.82, 2.24) is 25.8 Å². The number of nitrogens with zero attached hydrogens (tertiary/aromatic N) is 3. The minimum atomic E-state index is -0.531. The van der Waals surface area contributed by atoms with E-state index in [0.29, 0.717) is 38.6 Å². The molecular formula is C20H34N6O3.